The first-order valence-corrected chi connectivity index (χ1v) is 9.11. The fraction of sp³-hybridized carbons (Fsp3) is 0.278. The van der Waals surface area contributed by atoms with E-state index in [1.54, 1.807) is 6.20 Å². The van der Waals surface area contributed by atoms with Crippen molar-refractivity contribution in [2.75, 3.05) is 10.6 Å². The van der Waals surface area contributed by atoms with E-state index < -0.39 is 0 Å². The third-order valence-corrected chi connectivity index (χ3v) is 4.88. The molecule has 25 heavy (non-hydrogen) atoms. The van der Waals surface area contributed by atoms with Crippen LogP contribution in [0, 0.1) is 6.92 Å². The third kappa shape index (κ3) is 3.82. The van der Waals surface area contributed by atoms with Gasteiger partial charge in [-0.1, -0.05) is 24.3 Å². The number of nitrogens with zero attached hydrogens (tertiary/aromatic N) is 3. The first-order chi connectivity index (χ1) is 12.2. The number of hydrogen-bond acceptors (Lipinski definition) is 5. The number of anilines is 3. The van der Waals surface area contributed by atoms with Crippen molar-refractivity contribution < 1.29 is 0 Å². The van der Waals surface area contributed by atoms with Crippen LogP contribution < -0.4 is 10.6 Å². The van der Waals surface area contributed by atoms with Crippen molar-refractivity contribution in [2.24, 2.45) is 0 Å². The SMILES string of the molecule is Cc1ccccc1CNc1ncc(Br)c(Nc2cc(C3CC3)[nH]n2)n1. The minimum absolute atomic E-state index is 0.576. The minimum Gasteiger partial charge on any atom is -0.350 e. The predicted molar refractivity (Wildman–Crippen MR) is 102 cm³/mol. The molecule has 3 N–H and O–H groups in total. The maximum absolute atomic E-state index is 4.55. The summed E-state index contributed by atoms with van der Waals surface area (Å²) in [4.78, 5) is 8.88. The van der Waals surface area contributed by atoms with Crippen LogP contribution in [-0.4, -0.2) is 20.2 Å². The van der Waals surface area contributed by atoms with Crippen LogP contribution in [0.25, 0.3) is 0 Å². The Morgan fingerprint density at radius 1 is 1.28 bits per heavy atom. The third-order valence-electron chi connectivity index (χ3n) is 4.30. The van der Waals surface area contributed by atoms with Crippen LogP contribution in [0.15, 0.2) is 41.0 Å². The van der Waals surface area contributed by atoms with Gasteiger partial charge in [-0.15, -0.1) is 0 Å². The number of aromatic amines is 1. The number of hydrogen-bond donors (Lipinski definition) is 3. The van der Waals surface area contributed by atoms with Gasteiger partial charge in [0, 0.05) is 30.4 Å². The molecule has 4 rings (SSSR count). The van der Waals surface area contributed by atoms with Gasteiger partial charge in [0.25, 0.3) is 0 Å². The number of nitrogens with one attached hydrogen (secondary N) is 3. The molecule has 0 unspecified atom stereocenters. The molecule has 0 bridgehead atoms. The first kappa shape index (κ1) is 16.1. The minimum atomic E-state index is 0.576. The van der Waals surface area contributed by atoms with Crippen LogP contribution in [0.5, 0.6) is 0 Å². The summed E-state index contributed by atoms with van der Waals surface area (Å²) in [5, 5.41) is 13.9. The van der Waals surface area contributed by atoms with Crippen molar-refractivity contribution in [3.05, 3.63) is 57.8 Å². The normalized spacial score (nSPS) is 13.7. The lowest BCUT2D eigenvalue weighted by Gasteiger charge is -2.10. The molecule has 1 fully saturated rings. The maximum Gasteiger partial charge on any atom is 0.224 e. The topological polar surface area (TPSA) is 78.5 Å². The molecule has 3 aromatic rings. The molecule has 2 heterocycles. The van der Waals surface area contributed by atoms with Gasteiger partial charge in [-0.05, 0) is 46.8 Å². The fourth-order valence-electron chi connectivity index (χ4n) is 2.65. The zero-order valence-electron chi connectivity index (χ0n) is 13.9. The average Bonchev–Trinajstić information content (AvgIpc) is 3.36. The average molecular weight is 399 g/mol. The molecule has 2 aromatic heterocycles. The molecule has 1 aliphatic rings. The molecular weight excluding hydrogens is 380 g/mol. The highest BCUT2D eigenvalue weighted by Crippen LogP contribution is 2.39. The van der Waals surface area contributed by atoms with Gasteiger partial charge < -0.3 is 10.6 Å². The van der Waals surface area contributed by atoms with Gasteiger partial charge in [0.15, 0.2) is 11.6 Å². The van der Waals surface area contributed by atoms with E-state index in [1.807, 2.05) is 18.2 Å². The summed E-state index contributed by atoms with van der Waals surface area (Å²) in [7, 11) is 0. The number of H-pyrrole nitrogens is 1. The largest absolute Gasteiger partial charge is 0.350 e. The van der Waals surface area contributed by atoms with Gasteiger partial charge in [-0.3, -0.25) is 5.10 Å². The van der Waals surface area contributed by atoms with E-state index in [-0.39, 0.29) is 0 Å². The summed E-state index contributed by atoms with van der Waals surface area (Å²) in [6.07, 6.45) is 4.22. The second kappa shape index (κ2) is 6.84. The van der Waals surface area contributed by atoms with Gasteiger partial charge in [-0.2, -0.15) is 10.1 Å². The Bertz CT molecular complexity index is 887. The molecule has 6 nitrogen and oxygen atoms in total. The molecule has 1 aliphatic carbocycles. The van der Waals surface area contributed by atoms with Gasteiger partial charge in [0.1, 0.15) is 0 Å². The lowest BCUT2D eigenvalue weighted by molar-refractivity contribution is 0.965. The Balaban J connectivity index is 1.46. The lowest BCUT2D eigenvalue weighted by Crippen LogP contribution is -2.06. The monoisotopic (exact) mass is 398 g/mol. The van der Waals surface area contributed by atoms with Crippen LogP contribution >= 0.6 is 15.9 Å². The maximum atomic E-state index is 4.55. The van der Waals surface area contributed by atoms with Crippen molar-refractivity contribution in [3.63, 3.8) is 0 Å². The molecule has 7 heteroatoms. The summed E-state index contributed by atoms with van der Waals surface area (Å²) in [6, 6.07) is 10.3. The van der Waals surface area contributed by atoms with E-state index in [9.17, 15) is 0 Å². The van der Waals surface area contributed by atoms with Crippen molar-refractivity contribution >= 4 is 33.5 Å². The van der Waals surface area contributed by atoms with E-state index in [4.69, 9.17) is 0 Å². The Morgan fingerprint density at radius 2 is 2.12 bits per heavy atom. The molecule has 0 spiro atoms. The lowest BCUT2D eigenvalue weighted by atomic mass is 10.1. The number of aromatic nitrogens is 4. The smallest absolute Gasteiger partial charge is 0.224 e. The summed E-state index contributed by atoms with van der Waals surface area (Å²) < 4.78 is 0.796. The molecule has 128 valence electrons. The number of rotatable bonds is 6. The Labute approximate surface area is 154 Å². The second-order valence-corrected chi connectivity index (χ2v) is 7.13. The van der Waals surface area contributed by atoms with Crippen molar-refractivity contribution in [1.29, 1.82) is 0 Å². The fourth-order valence-corrected chi connectivity index (χ4v) is 2.94. The highest BCUT2D eigenvalue weighted by Gasteiger charge is 2.25. The van der Waals surface area contributed by atoms with Crippen LogP contribution in [-0.2, 0) is 6.54 Å². The number of aryl methyl sites for hydroxylation is 1. The molecule has 0 amide bonds. The van der Waals surface area contributed by atoms with Gasteiger partial charge in [0.05, 0.1) is 4.47 Å². The molecular formula is C18H19BrN6. The molecule has 0 saturated heterocycles. The predicted octanol–water partition coefficient (Wildman–Crippen LogP) is 4.50. The van der Waals surface area contributed by atoms with Gasteiger partial charge in [-0.25, -0.2) is 4.98 Å². The van der Waals surface area contributed by atoms with Crippen LogP contribution in [0.2, 0.25) is 0 Å². The van der Waals surface area contributed by atoms with E-state index in [1.165, 1.54) is 29.7 Å². The molecule has 0 radical (unpaired) electrons. The van der Waals surface area contributed by atoms with Crippen molar-refractivity contribution in [3.8, 4) is 0 Å². The van der Waals surface area contributed by atoms with E-state index in [0.29, 0.717) is 24.2 Å². The quantitative estimate of drug-likeness (QED) is 0.569. The van der Waals surface area contributed by atoms with E-state index in [0.717, 1.165) is 10.3 Å². The summed E-state index contributed by atoms with van der Waals surface area (Å²) in [6.45, 7) is 2.78. The van der Waals surface area contributed by atoms with Crippen molar-refractivity contribution in [2.45, 2.75) is 32.2 Å². The zero-order valence-corrected chi connectivity index (χ0v) is 15.5. The van der Waals surface area contributed by atoms with Gasteiger partial charge in [0.2, 0.25) is 5.95 Å². The summed E-state index contributed by atoms with van der Waals surface area (Å²) in [5.41, 5.74) is 3.66. The van der Waals surface area contributed by atoms with E-state index >= 15 is 0 Å². The molecule has 1 aromatic carbocycles. The molecule has 0 aliphatic heterocycles. The number of benzene rings is 1. The highest BCUT2D eigenvalue weighted by atomic mass is 79.9. The van der Waals surface area contributed by atoms with Crippen LogP contribution in [0.3, 0.4) is 0 Å². The van der Waals surface area contributed by atoms with Gasteiger partial charge >= 0.3 is 0 Å². The molecule has 0 atom stereocenters. The number of halogens is 1. The summed E-state index contributed by atoms with van der Waals surface area (Å²) in [5.74, 6) is 2.68. The Hall–Kier alpha value is -2.41. The highest BCUT2D eigenvalue weighted by molar-refractivity contribution is 9.10. The Morgan fingerprint density at radius 3 is 2.92 bits per heavy atom. The zero-order chi connectivity index (χ0) is 17.2. The first-order valence-electron chi connectivity index (χ1n) is 8.32. The second-order valence-electron chi connectivity index (χ2n) is 6.28. The summed E-state index contributed by atoms with van der Waals surface area (Å²) >= 11 is 3.49. The Kier molecular flexibility index (Phi) is 4.40. The van der Waals surface area contributed by atoms with E-state index in [2.05, 4.69) is 65.8 Å². The van der Waals surface area contributed by atoms with Crippen LogP contribution in [0.4, 0.5) is 17.6 Å². The molecule has 1 saturated carbocycles. The standard InChI is InChI=1S/C18H19BrN6/c1-11-4-2-3-5-13(11)9-20-18-21-10-14(19)17(23-18)22-16-8-15(24-25-16)12-6-7-12/h2-5,8,10,12H,6-7,9H2,1H3,(H3,20,21,22,23,24,25). The van der Waals surface area contributed by atoms with Crippen LogP contribution in [0.1, 0.15) is 35.6 Å². The van der Waals surface area contributed by atoms with Crippen molar-refractivity contribution in [1.82, 2.24) is 20.2 Å².